The predicted molar refractivity (Wildman–Crippen MR) is 189 cm³/mol. The summed E-state index contributed by atoms with van der Waals surface area (Å²) in [6.07, 6.45) is 3.69. The van der Waals surface area contributed by atoms with Crippen LogP contribution in [0.2, 0.25) is 0 Å². The number of thiocarbonyl (C=S) groups is 2. The zero-order valence-corrected chi connectivity index (χ0v) is 29.2. The van der Waals surface area contributed by atoms with Crippen LogP contribution in [-0.4, -0.2) is 83.6 Å². The second-order valence-electron chi connectivity index (χ2n) is 9.85. The first-order chi connectivity index (χ1) is 22.6. The fourth-order valence-electron chi connectivity index (χ4n) is 4.45. The van der Waals surface area contributed by atoms with Crippen molar-refractivity contribution in [2.45, 2.75) is 19.3 Å². The van der Waals surface area contributed by atoms with Gasteiger partial charge < -0.3 is 18.9 Å². The van der Waals surface area contributed by atoms with Gasteiger partial charge in [-0.25, -0.2) is 0 Å². The summed E-state index contributed by atoms with van der Waals surface area (Å²) in [6.45, 7) is 0.279. The number of carbonyl (C=O) groups is 4. The maximum Gasteiger partial charge on any atom is 0.266 e. The van der Waals surface area contributed by atoms with Crippen molar-refractivity contribution in [2.24, 2.45) is 0 Å². The lowest BCUT2D eigenvalue weighted by atomic mass is 10.2. The number of hydrazine groups is 1. The van der Waals surface area contributed by atoms with E-state index in [2.05, 4.69) is 10.9 Å². The third-order valence-corrected chi connectivity index (χ3v) is 9.60. The van der Waals surface area contributed by atoms with Crippen molar-refractivity contribution >= 4 is 92.4 Å². The minimum absolute atomic E-state index is 0.0426. The third kappa shape index (κ3) is 9.03. The van der Waals surface area contributed by atoms with E-state index < -0.39 is 11.8 Å². The van der Waals surface area contributed by atoms with E-state index in [9.17, 15) is 19.2 Å². The molecule has 2 aromatic rings. The van der Waals surface area contributed by atoms with Crippen LogP contribution in [0.3, 0.4) is 0 Å². The van der Waals surface area contributed by atoms with Crippen molar-refractivity contribution in [2.75, 3.05) is 41.5 Å². The minimum Gasteiger partial charge on any atom is -0.493 e. The average Bonchev–Trinajstić information content (AvgIpc) is 3.49. The summed E-state index contributed by atoms with van der Waals surface area (Å²) in [6, 6.07) is 10.6. The molecule has 2 fully saturated rings. The number of thioether (sulfide) groups is 2. The molecular weight excluding hydrogens is 685 g/mol. The molecule has 4 amide bonds. The topological polar surface area (TPSA) is 136 Å². The second-order valence-corrected chi connectivity index (χ2v) is 13.2. The summed E-state index contributed by atoms with van der Waals surface area (Å²) in [4.78, 5) is 54.3. The van der Waals surface area contributed by atoms with E-state index in [0.717, 1.165) is 22.9 Å². The number of benzene rings is 2. The quantitative estimate of drug-likeness (QED) is 0.175. The molecule has 0 aromatic heterocycles. The van der Waals surface area contributed by atoms with Crippen LogP contribution >= 0.6 is 48.0 Å². The number of ether oxygens (including phenoxy) is 4. The Labute approximate surface area is 291 Å². The van der Waals surface area contributed by atoms with Crippen LogP contribution in [0.25, 0.3) is 12.2 Å². The predicted octanol–water partition coefficient (Wildman–Crippen LogP) is 4.14. The molecule has 0 bridgehead atoms. The Morgan fingerprint density at radius 1 is 0.681 bits per heavy atom. The molecule has 0 saturated carbocycles. The van der Waals surface area contributed by atoms with Crippen LogP contribution in [-0.2, 0) is 19.2 Å². The molecule has 2 aliphatic rings. The average molecular weight is 717 g/mol. The Kier molecular flexibility index (Phi) is 12.6. The number of carbonyl (C=O) groups excluding carboxylic acids is 4. The molecule has 2 N–H and O–H groups in total. The van der Waals surface area contributed by atoms with Crippen molar-refractivity contribution in [3.05, 3.63) is 57.3 Å². The first-order valence-corrected chi connectivity index (χ1v) is 16.6. The molecule has 2 aliphatic heterocycles. The fraction of sp³-hybridized carbons (Fsp3) is 0.290. The Morgan fingerprint density at radius 3 is 1.55 bits per heavy atom. The summed E-state index contributed by atoms with van der Waals surface area (Å²) in [5.41, 5.74) is 6.19. The molecule has 16 heteroatoms. The molecule has 0 radical (unpaired) electrons. The Hall–Kier alpha value is -4.12. The number of nitrogens with one attached hydrogen (secondary N) is 2. The van der Waals surface area contributed by atoms with Crippen molar-refractivity contribution in [1.82, 2.24) is 20.7 Å². The smallest absolute Gasteiger partial charge is 0.266 e. The van der Waals surface area contributed by atoms with Crippen LogP contribution in [0.5, 0.6) is 23.0 Å². The number of nitrogens with zero attached hydrogens (tertiary/aromatic N) is 2. The maximum absolute atomic E-state index is 13.0. The Balaban J connectivity index is 1.20. The van der Waals surface area contributed by atoms with Crippen LogP contribution in [0.15, 0.2) is 46.2 Å². The van der Waals surface area contributed by atoms with E-state index in [1.54, 1.807) is 55.7 Å². The zero-order chi connectivity index (χ0) is 34.1. The van der Waals surface area contributed by atoms with Gasteiger partial charge in [-0.1, -0.05) is 60.1 Å². The highest BCUT2D eigenvalue weighted by molar-refractivity contribution is 8.27. The monoisotopic (exact) mass is 716 g/mol. The van der Waals surface area contributed by atoms with Crippen molar-refractivity contribution in [3.63, 3.8) is 0 Å². The van der Waals surface area contributed by atoms with Gasteiger partial charge in [-0.2, -0.15) is 0 Å². The summed E-state index contributed by atoms with van der Waals surface area (Å²) in [5.74, 6) is 0.702. The van der Waals surface area contributed by atoms with Gasteiger partial charge >= 0.3 is 0 Å². The molecule has 0 aliphatic carbocycles. The van der Waals surface area contributed by atoms with Crippen molar-refractivity contribution < 1.29 is 38.1 Å². The molecule has 0 spiro atoms. The highest BCUT2D eigenvalue weighted by Gasteiger charge is 2.33. The largest absolute Gasteiger partial charge is 0.493 e. The molecule has 2 heterocycles. The van der Waals surface area contributed by atoms with Gasteiger partial charge in [0.1, 0.15) is 8.64 Å². The van der Waals surface area contributed by atoms with Gasteiger partial charge in [-0.3, -0.25) is 39.8 Å². The number of hydrogen-bond donors (Lipinski definition) is 2. The molecule has 2 aromatic carbocycles. The van der Waals surface area contributed by atoms with Crippen LogP contribution in [0, 0.1) is 0 Å². The highest BCUT2D eigenvalue weighted by atomic mass is 32.2. The standard InChI is InChI=1S/C31H32N4O8S4/c1-40-20-9-7-18(14-22(20)42-3)16-24-28(38)34(30(44)46-24)12-5-6-26(36)32-33-27(37)11-13-35-29(39)25(47-31(35)45)17-19-8-10-21(41-2)23(15-19)43-4/h7-10,14-17H,5-6,11-13H2,1-4H3,(H,32,36)(H,33,37)/b24-16-,25-17+. The number of hydrogen-bond acceptors (Lipinski definition) is 12. The van der Waals surface area contributed by atoms with Gasteiger partial charge in [0.2, 0.25) is 11.8 Å². The normalized spacial score (nSPS) is 16.3. The van der Waals surface area contributed by atoms with E-state index in [4.69, 9.17) is 43.4 Å². The molecule has 2 saturated heterocycles. The van der Waals surface area contributed by atoms with E-state index in [1.165, 1.54) is 42.9 Å². The summed E-state index contributed by atoms with van der Waals surface area (Å²) < 4.78 is 21.9. The number of methoxy groups -OCH3 is 4. The summed E-state index contributed by atoms with van der Waals surface area (Å²) in [7, 11) is 6.14. The fourth-order valence-corrected chi connectivity index (χ4v) is 7.07. The Bertz CT molecular complexity index is 1660. The van der Waals surface area contributed by atoms with Crippen LogP contribution in [0.4, 0.5) is 0 Å². The molecule has 4 rings (SSSR count). The third-order valence-electron chi connectivity index (χ3n) is 6.85. The lowest BCUT2D eigenvalue weighted by Gasteiger charge is -2.15. The highest BCUT2D eigenvalue weighted by Crippen LogP contribution is 2.36. The molecule has 12 nitrogen and oxygen atoms in total. The maximum atomic E-state index is 13.0. The van der Waals surface area contributed by atoms with E-state index in [-0.39, 0.29) is 37.7 Å². The second kappa shape index (κ2) is 16.6. The Morgan fingerprint density at radius 2 is 1.11 bits per heavy atom. The molecule has 0 atom stereocenters. The first-order valence-electron chi connectivity index (χ1n) is 14.1. The van der Waals surface area contributed by atoms with Gasteiger partial charge in [0.15, 0.2) is 23.0 Å². The van der Waals surface area contributed by atoms with Gasteiger partial charge in [-0.15, -0.1) is 0 Å². The van der Waals surface area contributed by atoms with E-state index in [1.807, 2.05) is 0 Å². The molecule has 47 heavy (non-hydrogen) atoms. The number of amides is 4. The van der Waals surface area contributed by atoms with E-state index >= 15 is 0 Å². The van der Waals surface area contributed by atoms with Crippen molar-refractivity contribution in [1.29, 1.82) is 0 Å². The van der Waals surface area contributed by atoms with Gasteiger partial charge in [0, 0.05) is 25.9 Å². The van der Waals surface area contributed by atoms with Gasteiger partial charge in [0.25, 0.3) is 11.8 Å². The minimum atomic E-state index is -0.492. The van der Waals surface area contributed by atoms with Crippen LogP contribution < -0.4 is 29.8 Å². The van der Waals surface area contributed by atoms with Gasteiger partial charge in [-0.05, 0) is 54.0 Å². The molecule has 248 valence electrons. The lowest BCUT2D eigenvalue weighted by molar-refractivity contribution is -0.129. The number of rotatable bonds is 13. The lowest BCUT2D eigenvalue weighted by Crippen LogP contribution is -2.43. The summed E-state index contributed by atoms with van der Waals surface area (Å²) in [5, 5.41) is 0. The SMILES string of the molecule is COc1ccc(/C=C2\SC(=S)N(CCCC(=O)NNC(=O)CCN3C(=O)/C(=C\c4ccc(OC)c(OC)c4)SC3=S)C2=O)cc1OC. The zero-order valence-electron chi connectivity index (χ0n) is 25.9. The molecule has 0 unspecified atom stereocenters. The van der Waals surface area contributed by atoms with Crippen LogP contribution in [0.1, 0.15) is 30.4 Å². The van der Waals surface area contributed by atoms with Crippen molar-refractivity contribution in [3.8, 4) is 23.0 Å². The van der Waals surface area contributed by atoms with E-state index in [0.29, 0.717) is 47.9 Å². The molecular formula is C31H32N4O8S4. The first kappa shape index (κ1) is 35.7. The van der Waals surface area contributed by atoms with Gasteiger partial charge in [0.05, 0.1) is 38.2 Å². The summed E-state index contributed by atoms with van der Waals surface area (Å²) >= 11 is 13.1.